The van der Waals surface area contributed by atoms with Crippen LogP contribution in [0.3, 0.4) is 0 Å². The molecule has 0 aromatic carbocycles. The summed E-state index contributed by atoms with van der Waals surface area (Å²) in [5, 5.41) is 42.9. The Labute approximate surface area is 161 Å². The number of carboxylic acid groups (broad SMARTS) is 1. The zero-order chi connectivity index (χ0) is 21.7. The molecule has 0 fully saturated rings. The van der Waals surface area contributed by atoms with Gasteiger partial charge in [0.1, 0.15) is 24.2 Å². The summed E-state index contributed by atoms with van der Waals surface area (Å²) in [5.41, 5.74) is 10.6. The molecule has 4 atom stereocenters. The second-order valence-electron chi connectivity index (χ2n) is 5.96. The average Bonchev–Trinajstić information content (AvgIpc) is 2.67. The number of carbonyl (C=O) groups is 4. The van der Waals surface area contributed by atoms with Gasteiger partial charge in [-0.25, -0.2) is 4.79 Å². The predicted molar refractivity (Wildman–Crippen MR) is 95.6 cm³/mol. The Morgan fingerprint density at radius 2 is 1.21 bits per heavy atom. The Balaban J connectivity index is 4.89. The molecule has 0 bridgehead atoms. The van der Waals surface area contributed by atoms with Crippen LogP contribution < -0.4 is 27.4 Å². The van der Waals surface area contributed by atoms with E-state index >= 15 is 0 Å². The minimum Gasteiger partial charge on any atom is -0.480 e. The summed E-state index contributed by atoms with van der Waals surface area (Å²) in [7, 11) is 0. The number of aliphatic hydroxyl groups is 3. The molecule has 0 aliphatic heterocycles. The van der Waals surface area contributed by atoms with E-state index in [2.05, 4.69) is 16.0 Å². The standard InChI is InChI=1S/C15H29N5O8/c16-4-2-1-3-9(15(27)28)18-13(25)11(7-23)20-14(26)10(6-22)19-12(24)8(17)5-21/h8-11,21-23H,1-7,16-17H2,(H,18,25)(H,19,24)(H,20,26)(H,27,28)/t8-,9-,10-,11-/m0/s1. The fourth-order valence-electron chi connectivity index (χ4n) is 2.04. The third-order valence-corrected chi connectivity index (χ3v) is 3.73. The van der Waals surface area contributed by atoms with E-state index in [4.69, 9.17) is 21.7 Å². The minimum atomic E-state index is -1.51. The number of unbranched alkanes of at least 4 members (excludes halogenated alkanes) is 1. The smallest absolute Gasteiger partial charge is 0.326 e. The van der Waals surface area contributed by atoms with Gasteiger partial charge in [-0.2, -0.15) is 0 Å². The summed E-state index contributed by atoms with van der Waals surface area (Å²) in [4.78, 5) is 47.1. The molecule has 11 N–H and O–H groups in total. The first-order valence-corrected chi connectivity index (χ1v) is 8.63. The van der Waals surface area contributed by atoms with Crippen LogP contribution in [0.25, 0.3) is 0 Å². The third-order valence-electron chi connectivity index (χ3n) is 3.73. The van der Waals surface area contributed by atoms with E-state index in [1.54, 1.807) is 0 Å². The lowest BCUT2D eigenvalue weighted by molar-refractivity contribution is -0.142. The number of hydrogen-bond acceptors (Lipinski definition) is 9. The maximum absolute atomic E-state index is 12.2. The lowest BCUT2D eigenvalue weighted by atomic mass is 10.1. The third kappa shape index (κ3) is 9.05. The fraction of sp³-hybridized carbons (Fsp3) is 0.733. The van der Waals surface area contributed by atoms with Crippen molar-refractivity contribution in [2.75, 3.05) is 26.4 Å². The molecular formula is C15H29N5O8. The second-order valence-corrected chi connectivity index (χ2v) is 5.96. The van der Waals surface area contributed by atoms with E-state index in [-0.39, 0.29) is 6.42 Å². The monoisotopic (exact) mass is 407 g/mol. The molecule has 0 rings (SSSR count). The van der Waals surface area contributed by atoms with E-state index in [1.807, 2.05) is 0 Å². The van der Waals surface area contributed by atoms with Crippen molar-refractivity contribution >= 4 is 23.7 Å². The first-order valence-electron chi connectivity index (χ1n) is 8.63. The zero-order valence-electron chi connectivity index (χ0n) is 15.3. The molecule has 0 aromatic rings. The lowest BCUT2D eigenvalue weighted by Crippen LogP contribution is -2.59. The van der Waals surface area contributed by atoms with E-state index in [1.165, 1.54) is 0 Å². The van der Waals surface area contributed by atoms with Gasteiger partial charge in [-0.1, -0.05) is 0 Å². The van der Waals surface area contributed by atoms with Gasteiger partial charge in [0.15, 0.2) is 0 Å². The summed E-state index contributed by atoms with van der Waals surface area (Å²) >= 11 is 0. The fourth-order valence-corrected chi connectivity index (χ4v) is 2.04. The number of aliphatic hydroxyl groups excluding tert-OH is 3. The van der Waals surface area contributed by atoms with Crippen LogP contribution in [0.15, 0.2) is 0 Å². The summed E-state index contributed by atoms with van der Waals surface area (Å²) < 4.78 is 0. The molecule has 0 saturated carbocycles. The molecule has 0 unspecified atom stereocenters. The second kappa shape index (κ2) is 13.8. The number of nitrogens with two attached hydrogens (primary N) is 2. The SMILES string of the molecule is NCCCC[C@H](NC(=O)[C@H](CO)NC(=O)[C@H](CO)NC(=O)[C@@H](N)CO)C(=O)O. The highest BCUT2D eigenvalue weighted by Crippen LogP contribution is 2.02. The van der Waals surface area contributed by atoms with E-state index in [0.29, 0.717) is 19.4 Å². The molecule has 0 aliphatic carbocycles. The number of carboxylic acids is 1. The topological polar surface area (TPSA) is 237 Å². The van der Waals surface area contributed by atoms with Crippen LogP contribution in [0.2, 0.25) is 0 Å². The molecule has 0 spiro atoms. The first-order chi connectivity index (χ1) is 13.2. The average molecular weight is 407 g/mol. The van der Waals surface area contributed by atoms with E-state index in [9.17, 15) is 29.4 Å². The van der Waals surface area contributed by atoms with Crippen LogP contribution in [-0.2, 0) is 19.2 Å². The number of nitrogens with one attached hydrogen (secondary N) is 3. The predicted octanol–water partition coefficient (Wildman–Crippen LogP) is -5.04. The molecule has 0 aliphatic rings. The lowest BCUT2D eigenvalue weighted by Gasteiger charge is -2.23. The van der Waals surface area contributed by atoms with Crippen LogP contribution in [0.5, 0.6) is 0 Å². The van der Waals surface area contributed by atoms with Gasteiger partial charge < -0.3 is 47.8 Å². The Morgan fingerprint density at radius 3 is 1.61 bits per heavy atom. The van der Waals surface area contributed by atoms with E-state index in [0.717, 1.165) is 0 Å². The quantitative estimate of drug-likeness (QED) is 0.124. The highest BCUT2D eigenvalue weighted by molar-refractivity contribution is 5.94. The summed E-state index contributed by atoms with van der Waals surface area (Å²) in [6.45, 7) is -2.01. The van der Waals surface area contributed by atoms with Crippen molar-refractivity contribution in [3.05, 3.63) is 0 Å². The molecule has 0 radical (unpaired) electrons. The highest BCUT2D eigenvalue weighted by Gasteiger charge is 2.29. The van der Waals surface area contributed by atoms with Gasteiger partial charge in [0.2, 0.25) is 17.7 Å². The first kappa shape index (κ1) is 25.7. The normalized spacial score (nSPS) is 15.0. The van der Waals surface area contributed by atoms with Crippen LogP contribution in [0.4, 0.5) is 0 Å². The molecule has 13 nitrogen and oxygen atoms in total. The molecule has 3 amide bonds. The highest BCUT2D eigenvalue weighted by atomic mass is 16.4. The van der Waals surface area contributed by atoms with Crippen molar-refractivity contribution in [1.29, 1.82) is 0 Å². The molecule has 162 valence electrons. The Hall–Kier alpha value is -2.32. The molecule has 0 heterocycles. The number of amides is 3. The van der Waals surface area contributed by atoms with Crippen molar-refractivity contribution in [3.63, 3.8) is 0 Å². The molecule has 0 saturated heterocycles. The molecule has 0 aromatic heterocycles. The summed E-state index contributed by atoms with van der Waals surface area (Å²) in [6.07, 6.45) is 1.13. The van der Waals surface area contributed by atoms with Crippen LogP contribution >= 0.6 is 0 Å². The Kier molecular flexibility index (Phi) is 12.6. The van der Waals surface area contributed by atoms with E-state index < -0.39 is 67.7 Å². The Bertz CT molecular complexity index is 533. The number of aliphatic carboxylic acids is 1. The van der Waals surface area contributed by atoms with Gasteiger partial charge in [-0.3, -0.25) is 14.4 Å². The van der Waals surface area contributed by atoms with Gasteiger partial charge >= 0.3 is 5.97 Å². The van der Waals surface area contributed by atoms with Crippen LogP contribution in [-0.4, -0.2) is 94.6 Å². The molecular weight excluding hydrogens is 378 g/mol. The zero-order valence-corrected chi connectivity index (χ0v) is 15.3. The number of rotatable bonds is 14. The van der Waals surface area contributed by atoms with Crippen LogP contribution in [0, 0.1) is 0 Å². The van der Waals surface area contributed by atoms with Gasteiger partial charge in [0, 0.05) is 0 Å². The minimum absolute atomic E-state index is 0.110. The maximum Gasteiger partial charge on any atom is 0.326 e. The summed E-state index contributed by atoms with van der Waals surface area (Å²) in [5.74, 6) is -4.16. The maximum atomic E-state index is 12.2. The van der Waals surface area contributed by atoms with Gasteiger partial charge in [0.05, 0.1) is 19.8 Å². The van der Waals surface area contributed by atoms with Crippen LogP contribution in [0.1, 0.15) is 19.3 Å². The van der Waals surface area contributed by atoms with Crippen molar-refractivity contribution < 1.29 is 39.6 Å². The van der Waals surface area contributed by atoms with Crippen molar-refractivity contribution in [1.82, 2.24) is 16.0 Å². The largest absolute Gasteiger partial charge is 0.480 e. The van der Waals surface area contributed by atoms with Gasteiger partial charge in [0.25, 0.3) is 0 Å². The molecule has 28 heavy (non-hydrogen) atoms. The number of hydrogen-bond donors (Lipinski definition) is 9. The van der Waals surface area contributed by atoms with Crippen molar-refractivity contribution in [2.45, 2.75) is 43.4 Å². The van der Waals surface area contributed by atoms with Gasteiger partial charge in [-0.15, -0.1) is 0 Å². The summed E-state index contributed by atoms with van der Waals surface area (Å²) in [6, 6.07) is -5.56. The Morgan fingerprint density at radius 1 is 0.750 bits per heavy atom. The molecule has 13 heteroatoms. The van der Waals surface area contributed by atoms with Crippen molar-refractivity contribution in [3.8, 4) is 0 Å². The number of carbonyl (C=O) groups excluding carboxylic acids is 3. The van der Waals surface area contributed by atoms with Gasteiger partial charge in [-0.05, 0) is 25.8 Å². The van der Waals surface area contributed by atoms with Crippen molar-refractivity contribution in [2.24, 2.45) is 11.5 Å².